The summed E-state index contributed by atoms with van der Waals surface area (Å²) in [7, 11) is 0. The molecule has 1 saturated heterocycles. The molecule has 3 aromatic rings. The van der Waals surface area contributed by atoms with Crippen molar-refractivity contribution in [3.8, 4) is 17.2 Å². The van der Waals surface area contributed by atoms with Crippen LogP contribution in [0.5, 0.6) is 11.5 Å². The van der Waals surface area contributed by atoms with Gasteiger partial charge in [-0.25, -0.2) is 9.48 Å². The van der Waals surface area contributed by atoms with Gasteiger partial charge >= 0.3 is 6.03 Å². The van der Waals surface area contributed by atoms with Crippen LogP contribution < -0.4 is 20.1 Å². The van der Waals surface area contributed by atoms with Crippen LogP contribution in [0, 0.1) is 0 Å². The molecule has 2 aromatic carbocycles. The molecule has 1 aromatic heterocycles. The third-order valence-electron chi connectivity index (χ3n) is 5.27. The molecule has 0 aliphatic carbocycles. The van der Waals surface area contributed by atoms with Gasteiger partial charge in [-0.1, -0.05) is 12.1 Å². The van der Waals surface area contributed by atoms with E-state index in [2.05, 4.69) is 26.2 Å². The maximum atomic E-state index is 13.2. The fourth-order valence-corrected chi connectivity index (χ4v) is 3.59. The molecule has 4 amide bonds. The largest absolute Gasteiger partial charge is 0.454 e. The van der Waals surface area contributed by atoms with Gasteiger partial charge in [-0.05, 0) is 47.2 Å². The Kier molecular flexibility index (Phi) is 4.47. The van der Waals surface area contributed by atoms with E-state index >= 15 is 0 Å². The maximum absolute atomic E-state index is 13.2. The van der Waals surface area contributed by atoms with E-state index in [-0.39, 0.29) is 6.79 Å². The molecule has 1 fully saturated rings. The first-order chi connectivity index (χ1) is 15.4. The van der Waals surface area contributed by atoms with E-state index in [0.717, 1.165) is 4.90 Å². The Balaban J connectivity index is 1.32. The quantitative estimate of drug-likeness (QED) is 0.561. The lowest BCUT2D eigenvalue weighted by Gasteiger charge is -2.22. The first-order valence-electron chi connectivity index (χ1n) is 9.61. The van der Waals surface area contributed by atoms with Crippen LogP contribution in [0.4, 0.5) is 10.5 Å². The van der Waals surface area contributed by atoms with Crippen LogP contribution in [-0.2, 0) is 15.1 Å². The number of urea groups is 1. The van der Waals surface area contributed by atoms with E-state index in [1.165, 1.54) is 11.0 Å². The number of tetrazole rings is 1. The van der Waals surface area contributed by atoms with Crippen molar-refractivity contribution in [1.29, 1.82) is 0 Å². The number of imide groups is 1. The van der Waals surface area contributed by atoms with Gasteiger partial charge in [-0.3, -0.25) is 14.5 Å². The number of nitrogens with zero attached hydrogens (tertiary/aromatic N) is 5. The van der Waals surface area contributed by atoms with E-state index in [9.17, 15) is 14.4 Å². The molecule has 2 aliphatic rings. The minimum Gasteiger partial charge on any atom is -0.454 e. The number of aromatic nitrogens is 4. The van der Waals surface area contributed by atoms with Crippen LogP contribution in [0.1, 0.15) is 12.5 Å². The first kappa shape index (κ1) is 19.5. The lowest BCUT2D eigenvalue weighted by Crippen LogP contribution is -2.42. The van der Waals surface area contributed by atoms with Crippen molar-refractivity contribution >= 4 is 23.5 Å². The summed E-state index contributed by atoms with van der Waals surface area (Å²) in [5.74, 6) is 0.0147. The predicted molar refractivity (Wildman–Crippen MR) is 108 cm³/mol. The summed E-state index contributed by atoms with van der Waals surface area (Å²) in [6.07, 6.45) is 1.42. The monoisotopic (exact) mass is 435 g/mol. The van der Waals surface area contributed by atoms with Crippen LogP contribution in [0.15, 0.2) is 48.8 Å². The summed E-state index contributed by atoms with van der Waals surface area (Å²) in [6.45, 7) is 1.26. The van der Waals surface area contributed by atoms with E-state index < -0.39 is 29.9 Å². The van der Waals surface area contributed by atoms with Gasteiger partial charge < -0.3 is 20.1 Å². The SMILES string of the molecule is CC1(c2cccc(-n3cnnn3)c2)NC(=O)N(CC(=O)Nc2ccc3c(c2)OCO3)C1=O. The average molecular weight is 435 g/mol. The zero-order valence-corrected chi connectivity index (χ0v) is 16.8. The summed E-state index contributed by atoms with van der Waals surface area (Å²) in [5.41, 5.74) is 0.264. The van der Waals surface area contributed by atoms with Crippen LogP contribution in [0.25, 0.3) is 5.69 Å². The molecule has 12 heteroatoms. The van der Waals surface area contributed by atoms with Gasteiger partial charge in [0.15, 0.2) is 11.5 Å². The molecule has 12 nitrogen and oxygen atoms in total. The lowest BCUT2D eigenvalue weighted by atomic mass is 9.91. The number of amides is 4. The second-order valence-corrected chi connectivity index (χ2v) is 7.37. The zero-order valence-electron chi connectivity index (χ0n) is 16.8. The Morgan fingerprint density at radius 2 is 2.03 bits per heavy atom. The summed E-state index contributed by atoms with van der Waals surface area (Å²) < 4.78 is 12.0. The molecule has 2 aliphatic heterocycles. The second kappa shape index (κ2) is 7.34. The molecule has 1 atom stereocenters. The summed E-state index contributed by atoms with van der Waals surface area (Å²) in [5, 5.41) is 16.4. The minimum absolute atomic E-state index is 0.113. The first-order valence-corrected chi connectivity index (χ1v) is 9.61. The van der Waals surface area contributed by atoms with Crippen LogP contribution in [0.2, 0.25) is 0 Å². The molecule has 1 unspecified atom stereocenters. The van der Waals surface area contributed by atoms with Gasteiger partial charge in [0.2, 0.25) is 12.7 Å². The molecule has 0 saturated carbocycles. The van der Waals surface area contributed by atoms with E-state index in [1.54, 1.807) is 49.4 Å². The number of carbonyl (C=O) groups excluding carboxylic acids is 3. The highest BCUT2D eigenvalue weighted by Crippen LogP contribution is 2.34. The number of benzene rings is 2. The molecule has 2 N–H and O–H groups in total. The van der Waals surface area contributed by atoms with Gasteiger partial charge in [0, 0.05) is 11.8 Å². The molecule has 0 bridgehead atoms. The third-order valence-corrected chi connectivity index (χ3v) is 5.27. The number of hydrogen-bond acceptors (Lipinski definition) is 8. The smallest absolute Gasteiger partial charge is 0.325 e. The van der Waals surface area contributed by atoms with Gasteiger partial charge in [0.1, 0.15) is 18.4 Å². The number of hydrogen-bond donors (Lipinski definition) is 2. The van der Waals surface area contributed by atoms with Crippen LogP contribution >= 0.6 is 0 Å². The van der Waals surface area contributed by atoms with E-state index in [0.29, 0.717) is 28.4 Å². The highest BCUT2D eigenvalue weighted by atomic mass is 16.7. The molecule has 0 spiro atoms. The summed E-state index contributed by atoms with van der Waals surface area (Å²) >= 11 is 0. The maximum Gasteiger partial charge on any atom is 0.325 e. The van der Waals surface area contributed by atoms with Crippen LogP contribution in [-0.4, -0.2) is 56.3 Å². The van der Waals surface area contributed by atoms with Crippen molar-refractivity contribution in [2.75, 3.05) is 18.7 Å². The van der Waals surface area contributed by atoms with Crippen molar-refractivity contribution in [2.24, 2.45) is 0 Å². The third kappa shape index (κ3) is 3.27. The molecular formula is C20H17N7O5. The highest BCUT2D eigenvalue weighted by Gasteiger charge is 2.49. The van der Waals surface area contributed by atoms with Crippen molar-refractivity contribution in [1.82, 2.24) is 30.4 Å². The molecule has 0 radical (unpaired) electrons. The average Bonchev–Trinajstić information content (AvgIpc) is 3.52. The van der Waals surface area contributed by atoms with Gasteiger partial charge in [0.25, 0.3) is 5.91 Å². The van der Waals surface area contributed by atoms with Gasteiger partial charge in [-0.15, -0.1) is 5.10 Å². The Bertz CT molecular complexity index is 1230. The van der Waals surface area contributed by atoms with Crippen molar-refractivity contribution in [3.63, 3.8) is 0 Å². The number of nitrogens with one attached hydrogen (secondary N) is 2. The normalized spacial score (nSPS) is 19.2. The van der Waals surface area contributed by atoms with Gasteiger partial charge in [-0.2, -0.15) is 0 Å². The number of ether oxygens (including phenoxy) is 2. The lowest BCUT2D eigenvalue weighted by molar-refractivity contribution is -0.133. The number of rotatable bonds is 5. The molecular weight excluding hydrogens is 418 g/mol. The standard InChI is InChI=1S/C20H17N7O5/c1-20(12-3-2-4-14(7-12)27-10-21-24-25-27)18(29)26(19(30)23-20)9-17(28)22-13-5-6-15-16(8-13)32-11-31-15/h2-8,10H,9,11H2,1H3,(H,22,28)(H,23,30). The van der Waals surface area contributed by atoms with E-state index in [4.69, 9.17) is 9.47 Å². The van der Waals surface area contributed by atoms with Crippen molar-refractivity contribution in [2.45, 2.75) is 12.5 Å². The second-order valence-electron chi connectivity index (χ2n) is 7.37. The molecule has 32 heavy (non-hydrogen) atoms. The zero-order chi connectivity index (χ0) is 22.3. The Morgan fingerprint density at radius 3 is 2.84 bits per heavy atom. The van der Waals surface area contributed by atoms with Crippen molar-refractivity contribution in [3.05, 3.63) is 54.4 Å². The Labute approximate surface area is 181 Å². The predicted octanol–water partition coefficient (Wildman–Crippen LogP) is 0.797. The number of fused-ring (bicyclic) bond motifs is 1. The molecule has 3 heterocycles. The Morgan fingerprint density at radius 1 is 1.19 bits per heavy atom. The Hall–Kier alpha value is -4.48. The van der Waals surface area contributed by atoms with E-state index in [1.807, 2.05) is 0 Å². The van der Waals surface area contributed by atoms with Crippen molar-refractivity contribution < 1.29 is 23.9 Å². The fourth-order valence-electron chi connectivity index (χ4n) is 3.59. The topological polar surface area (TPSA) is 141 Å². The molecule has 5 rings (SSSR count). The fraction of sp³-hybridized carbons (Fsp3) is 0.200. The minimum atomic E-state index is -1.35. The highest BCUT2D eigenvalue weighted by molar-refractivity contribution is 6.10. The van der Waals surface area contributed by atoms with Gasteiger partial charge in [0.05, 0.1) is 5.69 Å². The summed E-state index contributed by atoms with van der Waals surface area (Å²) in [4.78, 5) is 39.1. The van der Waals surface area contributed by atoms with Crippen LogP contribution in [0.3, 0.4) is 0 Å². The number of anilines is 1. The molecule has 162 valence electrons. The number of carbonyl (C=O) groups is 3. The summed E-state index contributed by atoms with van der Waals surface area (Å²) in [6, 6.07) is 11.2.